The van der Waals surface area contributed by atoms with Gasteiger partial charge in [-0.2, -0.15) is 0 Å². The minimum atomic E-state index is -0.984. The fourth-order valence-electron chi connectivity index (χ4n) is 2.00. The monoisotopic (exact) mass is 199 g/mol. The average molecular weight is 199 g/mol. The molecule has 14 heavy (non-hydrogen) atoms. The normalized spacial score (nSPS) is 26.9. The molecule has 0 aliphatic heterocycles. The van der Waals surface area contributed by atoms with Gasteiger partial charge in [-0.05, 0) is 18.8 Å². The lowest BCUT2D eigenvalue weighted by molar-refractivity contribution is -0.139. The van der Waals surface area contributed by atoms with Crippen LogP contribution in [0.1, 0.15) is 32.6 Å². The molecule has 0 radical (unpaired) electrons. The van der Waals surface area contributed by atoms with E-state index in [0.717, 1.165) is 19.3 Å². The van der Waals surface area contributed by atoms with Crippen molar-refractivity contribution in [3.63, 3.8) is 0 Å². The number of carbonyl (C=O) groups excluding carboxylic acids is 1. The number of hydrogen-bond acceptors (Lipinski definition) is 2. The lowest BCUT2D eigenvalue weighted by Gasteiger charge is -2.27. The van der Waals surface area contributed by atoms with Crippen LogP contribution in [0.3, 0.4) is 0 Å². The lowest BCUT2D eigenvalue weighted by atomic mass is 9.80. The van der Waals surface area contributed by atoms with Crippen molar-refractivity contribution >= 4 is 11.9 Å². The molecule has 1 aliphatic carbocycles. The zero-order valence-electron chi connectivity index (χ0n) is 8.45. The number of amides is 1. The summed E-state index contributed by atoms with van der Waals surface area (Å²) in [5.41, 5.74) is 0. The van der Waals surface area contributed by atoms with E-state index in [1.807, 2.05) is 0 Å². The van der Waals surface area contributed by atoms with Gasteiger partial charge in [-0.1, -0.05) is 19.8 Å². The van der Waals surface area contributed by atoms with Gasteiger partial charge in [-0.25, -0.2) is 0 Å². The molecule has 0 unspecified atom stereocenters. The predicted octanol–water partition coefficient (Wildman–Crippen LogP) is 1.01. The molecule has 0 saturated heterocycles. The quantitative estimate of drug-likeness (QED) is 0.713. The molecule has 2 atom stereocenters. The molecule has 0 aromatic carbocycles. The first kappa shape index (κ1) is 11.0. The topological polar surface area (TPSA) is 66.4 Å². The van der Waals surface area contributed by atoms with Crippen LogP contribution in [-0.4, -0.2) is 23.5 Å². The molecule has 0 spiro atoms. The summed E-state index contributed by atoms with van der Waals surface area (Å²) in [6, 6.07) is 0. The zero-order chi connectivity index (χ0) is 10.6. The smallest absolute Gasteiger partial charge is 0.322 e. The van der Waals surface area contributed by atoms with Crippen LogP contribution in [0.2, 0.25) is 0 Å². The van der Waals surface area contributed by atoms with Crippen molar-refractivity contribution in [3.8, 4) is 0 Å². The Balaban J connectivity index is 2.38. The van der Waals surface area contributed by atoms with Gasteiger partial charge in [0.15, 0.2) is 0 Å². The van der Waals surface area contributed by atoms with Gasteiger partial charge in [0, 0.05) is 5.92 Å². The van der Waals surface area contributed by atoms with Gasteiger partial charge < -0.3 is 10.4 Å². The first-order valence-electron chi connectivity index (χ1n) is 5.10. The third-order valence-corrected chi connectivity index (χ3v) is 2.86. The summed E-state index contributed by atoms with van der Waals surface area (Å²) in [7, 11) is 0. The van der Waals surface area contributed by atoms with Gasteiger partial charge in [0.05, 0.1) is 0 Å². The third-order valence-electron chi connectivity index (χ3n) is 2.86. The van der Waals surface area contributed by atoms with Crippen molar-refractivity contribution in [2.24, 2.45) is 11.8 Å². The predicted molar refractivity (Wildman–Crippen MR) is 51.8 cm³/mol. The van der Waals surface area contributed by atoms with E-state index in [1.54, 1.807) is 0 Å². The van der Waals surface area contributed by atoms with E-state index in [0.29, 0.717) is 5.92 Å². The van der Waals surface area contributed by atoms with Crippen LogP contribution < -0.4 is 5.32 Å². The Morgan fingerprint density at radius 2 is 2.00 bits per heavy atom. The maximum atomic E-state index is 11.5. The number of carboxylic acids is 1. The summed E-state index contributed by atoms with van der Waals surface area (Å²) in [5.74, 6) is -0.679. The van der Waals surface area contributed by atoms with Crippen LogP contribution >= 0.6 is 0 Å². The van der Waals surface area contributed by atoms with Gasteiger partial charge in [-0.15, -0.1) is 0 Å². The summed E-state index contributed by atoms with van der Waals surface area (Å²) in [5, 5.41) is 10.9. The largest absolute Gasteiger partial charge is 0.480 e. The van der Waals surface area contributed by atoms with Crippen molar-refractivity contribution in [1.29, 1.82) is 0 Å². The SMILES string of the molecule is C[C@@H]1CCCC[C@H]1C(=O)NCC(=O)O. The summed E-state index contributed by atoms with van der Waals surface area (Å²) >= 11 is 0. The van der Waals surface area contributed by atoms with Crippen LogP contribution in [0.25, 0.3) is 0 Å². The zero-order valence-corrected chi connectivity index (χ0v) is 8.45. The van der Waals surface area contributed by atoms with Crippen LogP contribution in [0, 0.1) is 11.8 Å². The van der Waals surface area contributed by atoms with E-state index in [-0.39, 0.29) is 18.4 Å². The van der Waals surface area contributed by atoms with E-state index in [9.17, 15) is 9.59 Å². The molecule has 80 valence electrons. The summed E-state index contributed by atoms with van der Waals surface area (Å²) in [6.07, 6.45) is 4.23. The van der Waals surface area contributed by atoms with Gasteiger partial charge in [0.1, 0.15) is 6.54 Å². The Morgan fingerprint density at radius 3 is 2.57 bits per heavy atom. The number of carbonyl (C=O) groups is 2. The van der Waals surface area contributed by atoms with E-state index in [1.165, 1.54) is 6.42 Å². The second kappa shape index (κ2) is 4.98. The van der Waals surface area contributed by atoms with Crippen molar-refractivity contribution in [2.75, 3.05) is 6.54 Å². The Kier molecular flexibility index (Phi) is 3.92. The highest BCUT2D eigenvalue weighted by Crippen LogP contribution is 2.29. The van der Waals surface area contributed by atoms with Crippen molar-refractivity contribution < 1.29 is 14.7 Å². The van der Waals surface area contributed by atoms with E-state index in [2.05, 4.69) is 12.2 Å². The van der Waals surface area contributed by atoms with Gasteiger partial charge >= 0.3 is 5.97 Å². The first-order chi connectivity index (χ1) is 6.61. The molecule has 1 aliphatic rings. The molecule has 4 heteroatoms. The van der Waals surface area contributed by atoms with Crippen LogP contribution in [0.4, 0.5) is 0 Å². The molecule has 0 aromatic heterocycles. The Morgan fingerprint density at radius 1 is 1.36 bits per heavy atom. The molecule has 2 N–H and O–H groups in total. The molecular weight excluding hydrogens is 182 g/mol. The highest BCUT2D eigenvalue weighted by Gasteiger charge is 2.27. The molecule has 0 heterocycles. The fraction of sp³-hybridized carbons (Fsp3) is 0.800. The van der Waals surface area contributed by atoms with Gasteiger partial charge in [-0.3, -0.25) is 9.59 Å². The number of carboxylic acid groups (broad SMARTS) is 1. The molecule has 0 bridgehead atoms. The van der Waals surface area contributed by atoms with E-state index >= 15 is 0 Å². The molecule has 1 fully saturated rings. The maximum Gasteiger partial charge on any atom is 0.322 e. The van der Waals surface area contributed by atoms with E-state index < -0.39 is 5.97 Å². The van der Waals surface area contributed by atoms with Gasteiger partial charge in [0.2, 0.25) is 5.91 Å². The van der Waals surface area contributed by atoms with Crippen molar-refractivity contribution in [2.45, 2.75) is 32.6 Å². The number of hydrogen-bond donors (Lipinski definition) is 2. The molecule has 1 amide bonds. The fourth-order valence-corrected chi connectivity index (χ4v) is 2.00. The summed E-state index contributed by atoms with van der Waals surface area (Å²) < 4.78 is 0. The summed E-state index contributed by atoms with van der Waals surface area (Å²) in [6.45, 7) is 1.80. The molecule has 0 aromatic rings. The first-order valence-corrected chi connectivity index (χ1v) is 5.10. The molecule has 1 saturated carbocycles. The van der Waals surface area contributed by atoms with Crippen LogP contribution in [0.5, 0.6) is 0 Å². The average Bonchev–Trinajstić information content (AvgIpc) is 2.15. The molecular formula is C10H17NO3. The standard InChI is InChI=1S/C10H17NO3/c1-7-4-2-3-5-8(7)10(14)11-6-9(12)13/h7-8H,2-6H2,1H3,(H,11,14)(H,12,13)/t7-,8-/m1/s1. The highest BCUT2D eigenvalue weighted by atomic mass is 16.4. The number of nitrogens with one attached hydrogen (secondary N) is 1. The molecule has 1 rings (SSSR count). The minimum Gasteiger partial charge on any atom is -0.480 e. The minimum absolute atomic E-state index is 0.0168. The second-order valence-corrected chi connectivity index (χ2v) is 3.98. The van der Waals surface area contributed by atoms with E-state index in [4.69, 9.17) is 5.11 Å². The highest BCUT2D eigenvalue weighted by molar-refractivity contribution is 5.83. The second-order valence-electron chi connectivity index (χ2n) is 3.98. The Bertz CT molecular complexity index is 227. The Labute approximate surface area is 83.7 Å². The number of rotatable bonds is 3. The third kappa shape index (κ3) is 3.01. The maximum absolute atomic E-state index is 11.5. The van der Waals surface area contributed by atoms with Crippen molar-refractivity contribution in [3.05, 3.63) is 0 Å². The summed E-state index contributed by atoms with van der Waals surface area (Å²) in [4.78, 5) is 21.8. The Hall–Kier alpha value is -1.06. The number of aliphatic carboxylic acids is 1. The van der Waals surface area contributed by atoms with Gasteiger partial charge in [0.25, 0.3) is 0 Å². The molecule has 4 nitrogen and oxygen atoms in total. The van der Waals surface area contributed by atoms with Crippen LogP contribution in [0.15, 0.2) is 0 Å². The lowest BCUT2D eigenvalue weighted by Crippen LogP contribution is -2.38. The van der Waals surface area contributed by atoms with Crippen LogP contribution in [-0.2, 0) is 9.59 Å². The van der Waals surface area contributed by atoms with Crippen molar-refractivity contribution in [1.82, 2.24) is 5.32 Å².